The van der Waals surface area contributed by atoms with E-state index in [-0.39, 0.29) is 11.8 Å². The highest BCUT2D eigenvalue weighted by atomic mass is 16.5. The lowest BCUT2D eigenvalue weighted by molar-refractivity contribution is -0.120. The van der Waals surface area contributed by atoms with E-state index in [0.29, 0.717) is 62.1 Å². The minimum atomic E-state index is -0.578. The monoisotopic (exact) mass is 932 g/mol. The maximum atomic E-state index is 14.0. The van der Waals surface area contributed by atoms with Gasteiger partial charge in [-0.05, 0) is 62.1 Å². The second-order valence-corrected chi connectivity index (χ2v) is 16.8. The number of benzene rings is 7. The lowest BCUT2D eigenvalue weighted by Crippen LogP contribution is -2.38. The lowest BCUT2D eigenvalue weighted by Gasteiger charge is -2.25. The molecule has 10 nitrogen and oxygen atoms in total. The first-order valence-electron chi connectivity index (χ1n) is 24.1. The van der Waals surface area contributed by atoms with Crippen LogP contribution in [0.2, 0.25) is 0 Å². The molecule has 10 heteroatoms. The summed E-state index contributed by atoms with van der Waals surface area (Å²) in [6.07, 6.45) is 1.03. The number of benzodiazepines with no additional fused rings is 2. The van der Waals surface area contributed by atoms with E-state index in [2.05, 4.69) is 30.3 Å². The van der Waals surface area contributed by atoms with Crippen molar-refractivity contribution >= 4 is 34.6 Å². The van der Waals surface area contributed by atoms with Crippen LogP contribution in [0.5, 0.6) is 23.0 Å². The molecular formula is C60H60N4O6. The summed E-state index contributed by atoms with van der Waals surface area (Å²) < 4.78 is 23.0. The van der Waals surface area contributed by atoms with Crippen LogP contribution in [0, 0.1) is 0 Å². The molecule has 0 aliphatic carbocycles. The standard InChI is InChI=1S/C32H30N2O3.C28H30N2O3/c1-4-34-28-21-30(37-3)29(36-2)20-26(28)31(24-15-9-6-10-16-24)33-27(32(34)35)19-22-12-11-17-25(18-22)23-13-7-5-8-14-23;1-4-30-24-19-26(33-6-3)25(32-5-2)18-22(24)27(21-15-11-8-12-16-21)29-23(28(30)31)17-20-13-9-7-10-14-20/h5-18,20-21,27H,4,19H2,1-3H3;7-16,18-19,23H,4-6,17H2,1-3H3. The summed E-state index contributed by atoms with van der Waals surface area (Å²) in [5, 5.41) is 0. The van der Waals surface area contributed by atoms with Crippen molar-refractivity contribution in [1.29, 1.82) is 0 Å². The van der Waals surface area contributed by atoms with Gasteiger partial charge < -0.3 is 28.7 Å². The van der Waals surface area contributed by atoms with Crippen molar-refractivity contribution in [3.63, 3.8) is 0 Å². The summed E-state index contributed by atoms with van der Waals surface area (Å²) >= 11 is 0. The molecule has 9 rings (SSSR count). The first-order chi connectivity index (χ1) is 34.3. The topological polar surface area (TPSA) is 102 Å². The summed E-state index contributed by atoms with van der Waals surface area (Å²) in [4.78, 5) is 41.5. The zero-order valence-corrected chi connectivity index (χ0v) is 40.8. The number of carbonyl (C=O) groups is 2. The molecule has 0 spiro atoms. The van der Waals surface area contributed by atoms with Crippen LogP contribution in [-0.2, 0) is 22.4 Å². The molecular weight excluding hydrogens is 873 g/mol. The number of hydrogen-bond acceptors (Lipinski definition) is 8. The Labute approximate surface area is 411 Å². The Bertz CT molecular complexity index is 2960. The average Bonchev–Trinajstić information content (AvgIpc) is 3.59. The minimum absolute atomic E-state index is 0.0138. The molecule has 2 amide bonds. The van der Waals surface area contributed by atoms with Gasteiger partial charge in [0.15, 0.2) is 23.0 Å². The number of methoxy groups -OCH3 is 2. The average molecular weight is 933 g/mol. The Balaban J connectivity index is 0.000000190. The molecule has 2 aliphatic heterocycles. The van der Waals surface area contributed by atoms with E-state index in [9.17, 15) is 9.59 Å². The van der Waals surface area contributed by atoms with Crippen molar-refractivity contribution < 1.29 is 28.5 Å². The summed E-state index contributed by atoms with van der Waals surface area (Å²) in [6, 6.07) is 55.3. The van der Waals surface area contributed by atoms with Gasteiger partial charge in [-0.25, -0.2) is 0 Å². The molecule has 7 aromatic rings. The summed E-state index contributed by atoms with van der Waals surface area (Å²) in [5.74, 6) is 2.42. The van der Waals surface area contributed by atoms with Gasteiger partial charge in [-0.3, -0.25) is 19.6 Å². The number of carbonyl (C=O) groups excluding carboxylic acids is 2. The van der Waals surface area contributed by atoms with E-state index in [0.717, 1.165) is 67.3 Å². The molecule has 2 atom stereocenters. The number of hydrogen-bond donors (Lipinski definition) is 0. The van der Waals surface area contributed by atoms with Crippen LogP contribution in [0.4, 0.5) is 11.4 Å². The quantitative estimate of drug-likeness (QED) is 0.101. The second-order valence-electron chi connectivity index (χ2n) is 16.8. The van der Waals surface area contributed by atoms with Crippen LogP contribution in [0.15, 0.2) is 180 Å². The van der Waals surface area contributed by atoms with Crippen molar-refractivity contribution in [1.82, 2.24) is 0 Å². The first-order valence-corrected chi connectivity index (χ1v) is 24.1. The van der Waals surface area contributed by atoms with Crippen LogP contribution in [0.3, 0.4) is 0 Å². The van der Waals surface area contributed by atoms with Gasteiger partial charge in [0.05, 0.1) is 50.2 Å². The van der Waals surface area contributed by atoms with Crippen molar-refractivity contribution in [2.75, 3.05) is 50.3 Å². The minimum Gasteiger partial charge on any atom is -0.493 e. The number of likely N-dealkylation sites (N-methyl/N-ethyl adjacent to an activating group) is 2. The van der Waals surface area contributed by atoms with Gasteiger partial charge in [-0.1, -0.05) is 146 Å². The Hall–Kier alpha value is -7.98. The first kappa shape index (κ1) is 48.5. The number of fused-ring (bicyclic) bond motifs is 2. The fraction of sp³-hybridized carbons (Fsp3) is 0.233. The third-order valence-corrected chi connectivity index (χ3v) is 12.4. The van der Waals surface area contributed by atoms with Crippen LogP contribution in [0.25, 0.3) is 11.1 Å². The molecule has 0 saturated heterocycles. The van der Waals surface area contributed by atoms with Gasteiger partial charge in [0, 0.05) is 60.3 Å². The zero-order valence-electron chi connectivity index (χ0n) is 40.8. The third kappa shape index (κ3) is 10.7. The Kier molecular flexibility index (Phi) is 15.8. The highest BCUT2D eigenvalue weighted by molar-refractivity contribution is 6.21. The number of nitrogens with zero attached hydrogens (tertiary/aromatic N) is 4. The van der Waals surface area contributed by atoms with Gasteiger partial charge >= 0.3 is 0 Å². The smallest absolute Gasteiger partial charge is 0.252 e. The molecule has 356 valence electrons. The molecule has 2 aliphatic rings. The van der Waals surface area contributed by atoms with Crippen LogP contribution in [-0.4, -0.2) is 75.8 Å². The van der Waals surface area contributed by atoms with E-state index in [4.69, 9.17) is 28.9 Å². The van der Waals surface area contributed by atoms with Crippen LogP contribution < -0.4 is 28.7 Å². The summed E-state index contributed by atoms with van der Waals surface area (Å²) in [5.41, 5.74) is 11.2. The van der Waals surface area contributed by atoms with Crippen molar-refractivity contribution in [3.05, 3.63) is 203 Å². The fourth-order valence-corrected chi connectivity index (χ4v) is 9.08. The molecule has 2 unspecified atom stereocenters. The van der Waals surface area contributed by atoms with Crippen LogP contribution in [0.1, 0.15) is 61.1 Å². The highest BCUT2D eigenvalue weighted by Crippen LogP contribution is 2.41. The van der Waals surface area contributed by atoms with Crippen molar-refractivity contribution in [2.45, 2.75) is 52.6 Å². The summed E-state index contributed by atoms with van der Waals surface area (Å²) in [6.45, 7) is 9.94. The molecule has 0 fully saturated rings. The van der Waals surface area contributed by atoms with Gasteiger partial charge in [0.1, 0.15) is 12.1 Å². The predicted molar refractivity (Wildman–Crippen MR) is 282 cm³/mol. The zero-order chi connectivity index (χ0) is 49.0. The normalized spacial score (nSPS) is 15.2. The molecule has 0 saturated carbocycles. The molecule has 2 heterocycles. The Morgan fingerprint density at radius 1 is 0.429 bits per heavy atom. The molecule has 0 radical (unpaired) electrons. The summed E-state index contributed by atoms with van der Waals surface area (Å²) in [7, 11) is 3.22. The van der Waals surface area contributed by atoms with Gasteiger partial charge in [-0.15, -0.1) is 0 Å². The van der Waals surface area contributed by atoms with Crippen molar-refractivity contribution in [2.24, 2.45) is 9.98 Å². The van der Waals surface area contributed by atoms with Gasteiger partial charge in [0.2, 0.25) is 0 Å². The molecule has 0 bridgehead atoms. The Morgan fingerprint density at radius 3 is 1.29 bits per heavy atom. The number of aliphatic imine (C=N–C) groups is 2. The molecule has 70 heavy (non-hydrogen) atoms. The number of anilines is 2. The largest absolute Gasteiger partial charge is 0.493 e. The fourth-order valence-electron chi connectivity index (χ4n) is 9.08. The van der Waals surface area contributed by atoms with E-state index < -0.39 is 12.1 Å². The Morgan fingerprint density at radius 2 is 0.814 bits per heavy atom. The van der Waals surface area contributed by atoms with E-state index in [1.807, 2.05) is 177 Å². The number of ether oxygens (including phenoxy) is 4. The lowest BCUT2D eigenvalue weighted by atomic mass is 9.98. The van der Waals surface area contributed by atoms with Gasteiger partial charge in [-0.2, -0.15) is 0 Å². The maximum absolute atomic E-state index is 14.0. The molecule has 0 N–H and O–H groups in total. The van der Waals surface area contributed by atoms with Crippen molar-refractivity contribution in [3.8, 4) is 34.1 Å². The van der Waals surface area contributed by atoms with Crippen LogP contribution >= 0.6 is 0 Å². The highest BCUT2D eigenvalue weighted by Gasteiger charge is 2.34. The van der Waals surface area contributed by atoms with E-state index in [1.54, 1.807) is 14.2 Å². The third-order valence-electron chi connectivity index (χ3n) is 12.4. The molecule has 0 aromatic heterocycles. The number of rotatable bonds is 15. The second kappa shape index (κ2) is 22.9. The van der Waals surface area contributed by atoms with E-state index >= 15 is 0 Å². The SMILES string of the molecule is CCN1C(=O)C(Cc2cccc(-c3ccccc3)c2)N=C(c2ccccc2)c2cc(OC)c(OC)cc21.CCOc1cc2c(cc1OCC)N(CC)C(=O)C(Cc1ccccc1)N=C2c1ccccc1. The predicted octanol–water partition coefficient (Wildman–Crippen LogP) is 11.5. The van der Waals surface area contributed by atoms with Gasteiger partial charge in [0.25, 0.3) is 11.8 Å². The van der Waals surface area contributed by atoms with E-state index in [1.165, 1.54) is 0 Å². The molecule has 7 aromatic carbocycles. The maximum Gasteiger partial charge on any atom is 0.252 e. The number of amides is 2.